The zero-order chi connectivity index (χ0) is 22.5. The van der Waals surface area contributed by atoms with Crippen LogP contribution in [-0.4, -0.2) is 41.8 Å². The largest absolute Gasteiger partial charge is 0.497 e. The molecule has 160 valence electrons. The average Bonchev–Trinajstić information content (AvgIpc) is 3.05. The van der Waals surface area contributed by atoms with Gasteiger partial charge in [0.2, 0.25) is 5.91 Å². The maximum atomic E-state index is 13.1. The Hall–Kier alpha value is -3.65. The van der Waals surface area contributed by atoms with Gasteiger partial charge in [-0.1, -0.05) is 23.7 Å². The molecule has 4 amide bonds. The predicted molar refractivity (Wildman–Crippen MR) is 114 cm³/mol. The van der Waals surface area contributed by atoms with Gasteiger partial charge in [0.05, 0.1) is 19.2 Å². The molecule has 0 bridgehead atoms. The minimum Gasteiger partial charge on any atom is -0.497 e. The molecule has 1 aliphatic heterocycles. The fourth-order valence-electron chi connectivity index (χ4n) is 3.13. The number of imide groups is 1. The van der Waals surface area contributed by atoms with Gasteiger partial charge in [0, 0.05) is 16.7 Å². The van der Waals surface area contributed by atoms with Crippen LogP contribution >= 0.6 is 11.6 Å². The van der Waals surface area contributed by atoms with Crippen LogP contribution in [0.25, 0.3) is 0 Å². The van der Waals surface area contributed by atoms with E-state index >= 15 is 0 Å². The molecule has 1 fully saturated rings. The molecular formula is C22H20ClN3O5. The van der Waals surface area contributed by atoms with E-state index < -0.39 is 29.7 Å². The van der Waals surface area contributed by atoms with Gasteiger partial charge in [-0.3, -0.25) is 24.6 Å². The van der Waals surface area contributed by atoms with Crippen LogP contribution in [0.2, 0.25) is 5.02 Å². The van der Waals surface area contributed by atoms with Gasteiger partial charge in [-0.15, -0.1) is 0 Å². The summed E-state index contributed by atoms with van der Waals surface area (Å²) in [5, 5.41) is 1.24. The predicted octanol–water partition coefficient (Wildman–Crippen LogP) is 2.73. The number of carbonyl (C=O) groups is 4. The van der Waals surface area contributed by atoms with Crippen LogP contribution in [0.5, 0.6) is 5.75 Å². The molecule has 0 aliphatic carbocycles. The zero-order valence-corrected chi connectivity index (χ0v) is 17.6. The molecule has 0 radical (unpaired) electrons. The first-order valence-corrected chi connectivity index (χ1v) is 9.76. The molecule has 1 aliphatic rings. The van der Waals surface area contributed by atoms with Crippen LogP contribution in [-0.2, 0) is 14.4 Å². The molecule has 1 saturated heterocycles. The molecule has 2 aromatic rings. The van der Waals surface area contributed by atoms with Gasteiger partial charge in [-0.25, -0.2) is 9.91 Å². The Morgan fingerprint density at radius 2 is 1.90 bits per heavy atom. The van der Waals surface area contributed by atoms with Gasteiger partial charge in [0.15, 0.2) is 0 Å². The van der Waals surface area contributed by atoms with Gasteiger partial charge in [-0.2, -0.15) is 0 Å². The molecule has 0 spiro atoms. The summed E-state index contributed by atoms with van der Waals surface area (Å²) < 4.78 is 5.07. The minimum absolute atomic E-state index is 0.252. The first-order chi connectivity index (χ1) is 14.8. The Morgan fingerprint density at radius 1 is 1.19 bits per heavy atom. The summed E-state index contributed by atoms with van der Waals surface area (Å²) in [4.78, 5) is 52.0. The topological polar surface area (TPSA) is 96.0 Å². The average molecular weight is 442 g/mol. The second-order valence-electron chi connectivity index (χ2n) is 6.64. The highest BCUT2D eigenvalue weighted by Crippen LogP contribution is 2.27. The van der Waals surface area contributed by atoms with Crippen LogP contribution in [0.4, 0.5) is 5.69 Å². The number of benzene rings is 2. The van der Waals surface area contributed by atoms with E-state index in [-0.39, 0.29) is 12.0 Å². The Morgan fingerprint density at radius 3 is 2.52 bits per heavy atom. The summed E-state index contributed by atoms with van der Waals surface area (Å²) in [6.07, 6.45) is 2.40. The monoisotopic (exact) mass is 441 g/mol. The van der Waals surface area contributed by atoms with Crippen molar-refractivity contribution in [2.75, 3.05) is 12.0 Å². The van der Waals surface area contributed by atoms with Crippen molar-refractivity contribution in [2.45, 2.75) is 19.4 Å². The highest BCUT2D eigenvalue weighted by molar-refractivity contribution is 6.31. The van der Waals surface area contributed by atoms with Crippen molar-refractivity contribution in [3.05, 3.63) is 71.3 Å². The molecule has 1 atom stereocenters. The van der Waals surface area contributed by atoms with E-state index in [4.69, 9.17) is 16.3 Å². The lowest BCUT2D eigenvalue weighted by atomic mass is 10.2. The maximum Gasteiger partial charge on any atom is 0.269 e. The molecular weight excluding hydrogens is 422 g/mol. The molecule has 1 N–H and O–H groups in total. The van der Waals surface area contributed by atoms with Gasteiger partial charge >= 0.3 is 0 Å². The second-order valence-corrected chi connectivity index (χ2v) is 7.08. The van der Waals surface area contributed by atoms with Crippen molar-refractivity contribution >= 4 is 40.9 Å². The number of anilines is 1. The fourth-order valence-corrected chi connectivity index (χ4v) is 3.31. The zero-order valence-electron chi connectivity index (χ0n) is 16.9. The smallest absolute Gasteiger partial charge is 0.269 e. The molecule has 9 heteroatoms. The number of nitrogens with one attached hydrogen (secondary N) is 1. The molecule has 31 heavy (non-hydrogen) atoms. The highest BCUT2D eigenvalue weighted by atomic mass is 35.5. The lowest BCUT2D eigenvalue weighted by Gasteiger charge is -2.27. The molecule has 1 heterocycles. The Labute approximate surface area is 184 Å². The molecule has 2 aromatic carbocycles. The highest BCUT2D eigenvalue weighted by Gasteiger charge is 2.45. The standard InChI is InChI=1S/C22H20ClN3O5/c1-3-5-19(27)26(24-21(29)14-8-10-17(31-2)11-9-14)18-13-20(28)25(22(18)30)16-7-4-6-15(23)12-16/h3-12,18H,13H2,1-2H3,(H,24,29). The summed E-state index contributed by atoms with van der Waals surface area (Å²) in [6.45, 7) is 1.63. The normalized spacial score (nSPS) is 16.0. The number of carbonyl (C=O) groups excluding carboxylic acids is 4. The Bertz CT molecular complexity index is 1050. The lowest BCUT2D eigenvalue weighted by Crippen LogP contribution is -2.54. The van der Waals surface area contributed by atoms with Crippen LogP contribution < -0.4 is 15.1 Å². The van der Waals surface area contributed by atoms with Crippen LogP contribution in [0.3, 0.4) is 0 Å². The van der Waals surface area contributed by atoms with Crippen molar-refractivity contribution in [1.82, 2.24) is 10.4 Å². The Balaban J connectivity index is 1.88. The number of ether oxygens (including phenoxy) is 1. The number of halogens is 1. The van der Waals surface area contributed by atoms with Crippen LogP contribution in [0.1, 0.15) is 23.7 Å². The second kappa shape index (κ2) is 9.44. The fraction of sp³-hybridized carbons (Fsp3) is 0.182. The third-order valence-corrected chi connectivity index (χ3v) is 4.86. The molecule has 1 unspecified atom stereocenters. The summed E-state index contributed by atoms with van der Waals surface area (Å²) in [5.74, 6) is -1.83. The summed E-state index contributed by atoms with van der Waals surface area (Å²) in [7, 11) is 1.50. The summed E-state index contributed by atoms with van der Waals surface area (Å²) >= 11 is 5.98. The molecule has 0 aromatic heterocycles. The van der Waals surface area contributed by atoms with Crippen molar-refractivity contribution in [1.29, 1.82) is 0 Å². The van der Waals surface area contributed by atoms with E-state index in [2.05, 4.69) is 5.43 Å². The van der Waals surface area contributed by atoms with E-state index in [0.29, 0.717) is 16.5 Å². The SMILES string of the molecule is CC=CC(=O)N(NC(=O)c1ccc(OC)cc1)C1CC(=O)N(c2cccc(Cl)c2)C1=O. The maximum absolute atomic E-state index is 13.1. The molecule has 8 nitrogen and oxygen atoms in total. The van der Waals surface area contributed by atoms with Gasteiger partial charge in [0.25, 0.3) is 17.7 Å². The van der Waals surface area contributed by atoms with Crippen molar-refractivity contribution in [3.63, 3.8) is 0 Å². The van der Waals surface area contributed by atoms with Gasteiger partial charge in [-0.05, 0) is 49.4 Å². The van der Waals surface area contributed by atoms with E-state index in [0.717, 1.165) is 9.91 Å². The minimum atomic E-state index is -1.20. The number of nitrogens with zero attached hydrogens (tertiary/aromatic N) is 2. The summed E-state index contributed by atoms with van der Waals surface area (Å²) in [6, 6.07) is 11.3. The third kappa shape index (κ3) is 4.75. The van der Waals surface area contributed by atoms with Crippen LogP contribution in [0, 0.1) is 0 Å². The number of allylic oxidation sites excluding steroid dienone is 1. The van der Waals surface area contributed by atoms with Gasteiger partial charge in [0.1, 0.15) is 11.8 Å². The summed E-state index contributed by atoms with van der Waals surface area (Å²) in [5.41, 5.74) is 3.01. The Kier molecular flexibility index (Phi) is 6.71. The van der Waals surface area contributed by atoms with Gasteiger partial charge < -0.3 is 4.74 Å². The number of methoxy groups -OCH3 is 1. The lowest BCUT2D eigenvalue weighted by molar-refractivity contribution is -0.137. The number of hydrogen-bond donors (Lipinski definition) is 1. The number of rotatable bonds is 5. The third-order valence-electron chi connectivity index (χ3n) is 4.62. The van der Waals surface area contributed by atoms with E-state index in [1.165, 1.54) is 37.5 Å². The van der Waals surface area contributed by atoms with Crippen LogP contribution in [0.15, 0.2) is 60.7 Å². The number of hydrazine groups is 1. The van der Waals surface area contributed by atoms with E-state index in [9.17, 15) is 19.2 Å². The van der Waals surface area contributed by atoms with E-state index in [1.807, 2.05) is 0 Å². The first kappa shape index (κ1) is 22.0. The van der Waals surface area contributed by atoms with Crippen molar-refractivity contribution < 1.29 is 23.9 Å². The first-order valence-electron chi connectivity index (χ1n) is 9.39. The van der Waals surface area contributed by atoms with Crippen molar-refractivity contribution in [3.8, 4) is 5.75 Å². The van der Waals surface area contributed by atoms with E-state index in [1.54, 1.807) is 37.3 Å². The van der Waals surface area contributed by atoms with Crippen molar-refractivity contribution in [2.24, 2.45) is 0 Å². The number of amides is 4. The molecule has 0 saturated carbocycles. The molecule has 3 rings (SSSR count). The number of hydrogen-bond acceptors (Lipinski definition) is 5. The quantitative estimate of drug-likeness (QED) is 0.437.